The average molecular weight is 322 g/mol. The van der Waals surface area contributed by atoms with Crippen LogP contribution < -0.4 is 10.1 Å². The third-order valence-corrected chi connectivity index (χ3v) is 3.33. The predicted molar refractivity (Wildman–Crippen MR) is 88.5 cm³/mol. The van der Waals surface area contributed by atoms with Crippen molar-refractivity contribution in [3.8, 4) is 5.88 Å². The third kappa shape index (κ3) is 5.54. The van der Waals surface area contributed by atoms with E-state index < -0.39 is 5.41 Å². The fourth-order valence-corrected chi connectivity index (χ4v) is 1.94. The Bertz CT molecular complexity index is 564. The molecule has 1 rings (SSSR count). The molecule has 0 aliphatic carbocycles. The highest BCUT2D eigenvalue weighted by Gasteiger charge is 2.24. The molecule has 0 saturated heterocycles. The number of nitrogens with one attached hydrogen (secondary N) is 1. The first-order valence-electron chi connectivity index (χ1n) is 7.71. The highest BCUT2D eigenvalue weighted by Crippen LogP contribution is 2.29. The molecule has 1 aromatic rings. The van der Waals surface area contributed by atoms with Gasteiger partial charge in [0.15, 0.2) is 0 Å². The smallest absolute Gasteiger partial charge is 0.306 e. The van der Waals surface area contributed by atoms with E-state index in [1.54, 1.807) is 13.0 Å². The SMILES string of the molecule is CCOC(=O)CC(C)c1ccc(OC)nc1NC(=O)C(C)(C)C. The van der Waals surface area contributed by atoms with Gasteiger partial charge in [-0.3, -0.25) is 9.59 Å². The van der Waals surface area contributed by atoms with E-state index in [2.05, 4.69) is 10.3 Å². The largest absolute Gasteiger partial charge is 0.481 e. The second kappa shape index (κ2) is 7.94. The summed E-state index contributed by atoms with van der Waals surface area (Å²) in [7, 11) is 1.51. The fraction of sp³-hybridized carbons (Fsp3) is 0.588. The van der Waals surface area contributed by atoms with Gasteiger partial charge in [-0.05, 0) is 24.5 Å². The van der Waals surface area contributed by atoms with E-state index in [0.29, 0.717) is 18.3 Å². The van der Waals surface area contributed by atoms with Crippen LogP contribution in [0.3, 0.4) is 0 Å². The maximum absolute atomic E-state index is 12.2. The van der Waals surface area contributed by atoms with E-state index in [0.717, 1.165) is 5.56 Å². The van der Waals surface area contributed by atoms with Crippen LogP contribution in [-0.4, -0.2) is 30.6 Å². The van der Waals surface area contributed by atoms with Crippen molar-refractivity contribution < 1.29 is 19.1 Å². The molecule has 0 spiro atoms. The normalized spacial score (nSPS) is 12.4. The van der Waals surface area contributed by atoms with Gasteiger partial charge in [-0.25, -0.2) is 0 Å². The Balaban J connectivity index is 3.06. The molecule has 1 atom stereocenters. The topological polar surface area (TPSA) is 77.5 Å². The maximum Gasteiger partial charge on any atom is 0.306 e. The number of amides is 1. The minimum Gasteiger partial charge on any atom is -0.481 e. The first-order chi connectivity index (χ1) is 10.7. The van der Waals surface area contributed by atoms with E-state index >= 15 is 0 Å². The van der Waals surface area contributed by atoms with E-state index in [-0.39, 0.29) is 24.2 Å². The summed E-state index contributed by atoms with van der Waals surface area (Å²) < 4.78 is 10.1. The van der Waals surface area contributed by atoms with E-state index in [1.165, 1.54) is 7.11 Å². The Morgan fingerprint density at radius 3 is 2.48 bits per heavy atom. The van der Waals surface area contributed by atoms with Gasteiger partial charge in [-0.15, -0.1) is 0 Å². The lowest BCUT2D eigenvalue weighted by Crippen LogP contribution is -2.28. The molecule has 1 unspecified atom stereocenters. The van der Waals surface area contributed by atoms with E-state index in [9.17, 15) is 9.59 Å². The first-order valence-corrected chi connectivity index (χ1v) is 7.71. The number of aromatic nitrogens is 1. The molecule has 0 aliphatic heterocycles. The summed E-state index contributed by atoms with van der Waals surface area (Å²) in [5.74, 6) is 0.261. The molecule has 0 aromatic carbocycles. The van der Waals surface area contributed by atoms with Crippen molar-refractivity contribution in [2.45, 2.75) is 47.0 Å². The van der Waals surface area contributed by atoms with Crippen molar-refractivity contribution in [3.63, 3.8) is 0 Å². The van der Waals surface area contributed by atoms with Gasteiger partial charge in [0.25, 0.3) is 0 Å². The van der Waals surface area contributed by atoms with Gasteiger partial charge in [0.1, 0.15) is 5.82 Å². The van der Waals surface area contributed by atoms with Crippen LogP contribution in [0, 0.1) is 5.41 Å². The minimum atomic E-state index is -0.549. The van der Waals surface area contributed by atoms with Crippen LogP contribution in [0.15, 0.2) is 12.1 Å². The Hall–Kier alpha value is -2.11. The predicted octanol–water partition coefficient (Wildman–Crippen LogP) is 3.13. The van der Waals surface area contributed by atoms with Gasteiger partial charge in [0.05, 0.1) is 20.1 Å². The van der Waals surface area contributed by atoms with Crippen molar-refractivity contribution >= 4 is 17.7 Å². The second-order valence-corrected chi connectivity index (χ2v) is 6.41. The molecule has 1 N–H and O–H groups in total. The zero-order chi connectivity index (χ0) is 17.6. The standard InChI is InChI=1S/C17H26N2O4/c1-7-23-14(20)10-11(2)12-8-9-13(22-6)18-15(12)19-16(21)17(3,4)5/h8-9,11H,7,10H2,1-6H3,(H,18,19,21). The van der Waals surface area contributed by atoms with Gasteiger partial charge in [0.2, 0.25) is 11.8 Å². The number of carbonyl (C=O) groups excluding carboxylic acids is 2. The number of esters is 1. The number of hydrogen-bond donors (Lipinski definition) is 1. The van der Waals surface area contributed by atoms with Crippen LogP contribution in [0.5, 0.6) is 5.88 Å². The van der Waals surface area contributed by atoms with Crippen molar-refractivity contribution in [3.05, 3.63) is 17.7 Å². The maximum atomic E-state index is 12.2. The van der Waals surface area contributed by atoms with Crippen molar-refractivity contribution in [2.75, 3.05) is 19.0 Å². The summed E-state index contributed by atoms with van der Waals surface area (Å²) in [6, 6.07) is 3.53. The molecule has 0 radical (unpaired) electrons. The lowest BCUT2D eigenvalue weighted by Gasteiger charge is -2.21. The lowest BCUT2D eigenvalue weighted by atomic mass is 9.94. The van der Waals surface area contributed by atoms with E-state index in [4.69, 9.17) is 9.47 Å². The summed E-state index contributed by atoms with van der Waals surface area (Å²) in [5, 5.41) is 2.83. The molecule has 0 saturated carbocycles. The molecule has 0 aliphatic rings. The quantitative estimate of drug-likeness (QED) is 0.814. The molecule has 128 valence electrons. The van der Waals surface area contributed by atoms with Crippen molar-refractivity contribution in [1.82, 2.24) is 4.98 Å². The summed E-state index contributed by atoms with van der Waals surface area (Å²) >= 11 is 0. The Kier molecular flexibility index (Phi) is 6.54. The van der Waals surface area contributed by atoms with Crippen LogP contribution in [-0.2, 0) is 14.3 Å². The Morgan fingerprint density at radius 2 is 1.96 bits per heavy atom. The molecule has 23 heavy (non-hydrogen) atoms. The van der Waals surface area contributed by atoms with Crippen LogP contribution in [0.1, 0.15) is 52.5 Å². The Labute approximate surface area is 137 Å². The third-order valence-electron chi connectivity index (χ3n) is 3.33. The van der Waals surface area contributed by atoms with E-state index in [1.807, 2.05) is 33.8 Å². The number of ether oxygens (including phenoxy) is 2. The van der Waals surface area contributed by atoms with Gasteiger partial charge >= 0.3 is 5.97 Å². The monoisotopic (exact) mass is 322 g/mol. The number of nitrogens with zero attached hydrogens (tertiary/aromatic N) is 1. The summed E-state index contributed by atoms with van der Waals surface area (Å²) in [6.07, 6.45) is 0.222. The summed E-state index contributed by atoms with van der Waals surface area (Å²) in [6.45, 7) is 9.48. The minimum absolute atomic E-state index is 0.136. The Morgan fingerprint density at radius 1 is 1.30 bits per heavy atom. The molecule has 1 aromatic heterocycles. The van der Waals surface area contributed by atoms with Crippen molar-refractivity contribution in [2.24, 2.45) is 5.41 Å². The molecular weight excluding hydrogens is 296 g/mol. The molecule has 1 amide bonds. The zero-order valence-electron chi connectivity index (χ0n) is 14.7. The molecule has 6 heteroatoms. The zero-order valence-corrected chi connectivity index (χ0v) is 14.7. The number of anilines is 1. The molecule has 0 bridgehead atoms. The van der Waals surface area contributed by atoms with Crippen LogP contribution in [0.25, 0.3) is 0 Å². The van der Waals surface area contributed by atoms with Crippen molar-refractivity contribution in [1.29, 1.82) is 0 Å². The average Bonchev–Trinajstić information content (AvgIpc) is 2.46. The first kappa shape index (κ1) is 18.9. The highest BCUT2D eigenvalue weighted by molar-refractivity contribution is 5.94. The highest BCUT2D eigenvalue weighted by atomic mass is 16.5. The molecule has 0 fully saturated rings. The molecular formula is C17H26N2O4. The number of pyridine rings is 1. The summed E-state index contributed by atoms with van der Waals surface area (Å²) in [4.78, 5) is 28.3. The second-order valence-electron chi connectivity index (χ2n) is 6.41. The van der Waals surface area contributed by atoms with Gasteiger partial charge < -0.3 is 14.8 Å². The van der Waals surface area contributed by atoms with Crippen LogP contribution in [0.4, 0.5) is 5.82 Å². The van der Waals surface area contributed by atoms with Gasteiger partial charge in [-0.1, -0.05) is 27.7 Å². The van der Waals surface area contributed by atoms with Gasteiger partial charge in [-0.2, -0.15) is 4.98 Å². The molecule has 6 nitrogen and oxygen atoms in total. The fourth-order valence-electron chi connectivity index (χ4n) is 1.94. The lowest BCUT2D eigenvalue weighted by molar-refractivity contribution is -0.143. The number of carbonyl (C=O) groups is 2. The molecule has 1 heterocycles. The van der Waals surface area contributed by atoms with Gasteiger partial charge in [0, 0.05) is 11.5 Å². The van der Waals surface area contributed by atoms with Crippen LogP contribution >= 0.6 is 0 Å². The number of methoxy groups -OCH3 is 1. The van der Waals surface area contributed by atoms with Crippen LogP contribution in [0.2, 0.25) is 0 Å². The summed E-state index contributed by atoms with van der Waals surface area (Å²) in [5.41, 5.74) is 0.225. The number of hydrogen-bond acceptors (Lipinski definition) is 5. The number of rotatable bonds is 6.